The zero-order valence-electron chi connectivity index (χ0n) is 7.08. The van der Waals surface area contributed by atoms with Crippen LogP contribution in [-0.4, -0.2) is 24.1 Å². The molecule has 1 aromatic heterocycles. The summed E-state index contributed by atoms with van der Waals surface area (Å²) in [7, 11) is -3.07. The number of halogens is 1. The molecule has 2 rings (SSSR count). The molecular formula is C7H7BrN2O3S. The third kappa shape index (κ3) is 1.74. The number of sulfone groups is 1. The Balaban J connectivity index is 2.64. The third-order valence-corrected chi connectivity index (χ3v) is 4.01. The zero-order valence-corrected chi connectivity index (χ0v) is 9.48. The Bertz CT molecular complexity index is 534. The minimum Gasteiger partial charge on any atom is -0.301 e. The molecule has 14 heavy (non-hydrogen) atoms. The van der Waals surface area contributed by atoms with E-state index in [1.807, 2.05) is 0 Å². The van der Waals surface area contributed by atoms with E-state index < -0.39 is 9.84 Å². The molecule has 0 aromatic carbocycles. The van der Waals surface area contributed by atoms with E-state index in [0.717, 1.165) is 0 Å². The first kappa shape index (κ1) is 9.85. The highest BCUT2D eigenvalue weighted by Gasteiger charge is 2.24. The molecule has 1 aliphatic rings. The van der Waals surface area contributed by atoms with Crippen molar-refractivity contribution >= 4 is 25.8 Å². The topological polar surface area (TPSA) is 79.9 Å². The van der Waals surface area contributed by atoms with E-state index >= 15 is 0 Å². The zero-order chi connectivity index (χ0) is 10.3. The molecular weight excluding hydrogens is 272 g/mol. The third-order valence-electron chi connectivity index (χ3n) is 2.09. The number of H-pyrrole nitrogens is 1. The van der Waals surface area contributed by atoms with Gasteiger partial charge in [0, 0.05) is 5.56 Å². The van der Waals surface area contributed by atoms with Crippen LogP contribution in [0.2, 0.25) is 0 Å². The van der Waals surface area contributed by atoms with Crippen LogP contribution in [0, 0.1) is 0 Å². The van der Waals surface area contributed by atoms with E-state index in [2.05, 4.69) is 25.9 Å². The minimum absolute atomic E-state index is 0.0341. The van der Waals surface area contributed by atoms with Crippen molar-refractivity contribution in [3.8, 4) is 0 Å². The Morgan fingerprint density at radius 3 is 2.86 bits per heavy atom. The maximum absolute atomic E-state index is 11.4. The second kappa shape index (κ2) is 3.16. The van der Waals surface area contributed by atoms with Crippen LogP contribution in [0.5, 0.6) is 0 Å². The van der Waals surface area contributed by atoms with Crippen molar-refractivity contribution in [2.45, 2.75) is 12.2 Å². The fourth-order valence-corrected chi connectivity index (χ4v) is 3.14. The van der Waals surface area contributed by atoms with Gasteiger partial charge in [0.1, 0.15) is 0 Å². The molecule has 1 aliphatic heterocycles. The summed E-state index contributed by atoms with van der Waals surface area (Å²) in [6.45, 7) is 0. The summed E-state index contributed by atoms with van der Waals surface area (Å²) in [4.78, 5) is 17.8. The summed E-state index contributed by atoms with van der Waals surface area (Å²) in [6.07, 6.45) is 0.257. The molecule has 0 spiro atoms. The molecule has 2 heterocycles. The highest BCUT2D eigenvalue weighted by Crippen LogP contribution is 2.16. The van der Waals surface area contributed by atoms with Crippen LogP contribution in [-0.2, 0) is 22.0 Å². The van der Waals surface area contributed by atoms with Gasteiger partial charge in [-0.3, -0.25) is 4.79 Å². The second-order valence-corrected chi connectivity index (χ2v) is 6.06. The summed E-state index contributed by atoms with van der Waals surface area (Å²) in [6, 6.07) is 0. The van der Waals surface area contributed by atoms with Crippen molar-refractivity contribution in [3.63, 3.8) is 0 Å². The van der Waals surface area contributed by atoms with E-state index in [9.17, 15) is 13.2 Å². The lowest BCUT2D eigenvalue weighted by Crippen LogP contribution is -2.27. The molecule has 0 bridgehead atoms. The first-order valence-corrected chi connectivity index (χ1v) is 6.57. The van der Waals surface area contributed by atoms with Crippen LogP contribution in [0.15, 0.2) is 9.53 Å². The van der Waals surface area contributed by atoms with Gasteiger partial charge < -0.3 is 4.98 Å². The molecule has 5 nitrogen and oxygen atoms in total. The van der Waals surface area contributed by atoms with E-state index in [1.165, 1.54) is 0 Å². The van der Waals surface area contributed by atoms with Gasteiger partial charge in [-0.15, -0.1) is 0 Å². The van der Waals surface area contributed by atoms with Gasteiger partial charge in [-0.1, -0.05) is 0 Å². The molecule has 0 saturated heterocycles. The van der Waals surface area contributed by atoms with Crippen molar-refractivity contribution in [1.29, 1.82) is 0 Å². The number of fused-ring (bicyclic) bond motifs is 1. The van der Waals surface area contributed by atoms with Crippen molar-refractivity contribution in [2.75, 3.05) is 5.75 Å². The SMILES string of the molecule is O=c1[nH]c(Br)nc2c1CCS(=O)(=O)C2. The van der Waals surface area contributed by atoms with Crippen LogP contribution in [0.1, 0.15) is 11.3 Å². The Hall–Kier alpha value is -0.690. The van der Waals surface area contributed by atoms with Crippen molar-refractivity contribution < 1.29 is 8.42 Å². The molecule has 76 valence electrons. The molecule has 0 aliphatic carbocycles. The van der Waals surface area contributed by atoms with Gasteiger partial charge in [0.2, 0.25) is 0 Å². The van der Waals surface area contributed by atoms with Crippen molar-refractivity contribution in [1.82, 2.24) is 9.97 Å². The van der Waals surface area contributed by atoms with E-state index in [4.69, 9.17) is 0 Å². The molecule has 1 N–H and O–H groups in total. The van der Waals surface area contributed by atoms with Crippen LogP contribution in [0.4, 0.5) is 0 Å². The summed E-state index contributed by atoms with van der Waals surface area (Å²) in [5.41, 5.74) is 0.603. The standard InChI is InChI=1S/C7H7BrN2O3S/c8-7-9-5-3-14(12,13)2-1-4(5)6(11)10-7/h1-3H2,(H,9,10,11). The van der Waals surface area contributed by atoms with Crippen LogP contribution in [0.25, 0.3) is 0 Å². The number of nitrogens with zero attached hydrogens (tertiary/aromatic N) is 1. The highest BCUT2D eigenvalue weighted by atomic mass is 79.9. The maximum atomic E-state index is 11.4. The number of nitrogens with one attached hydrogen (secondary N) is 1. The molecule has 0 radical (unpaired) electrons. The lowest BCUT2D eigenvalue weighted by Gasteiger charge is -2.13. The summed E-state index contributed by atoms with van der Waals surface area (Å²) in [5.74, 6) is -0.1000. The summed E-state index contributed by atoms with van der Waals surface area (Å²) >= 11 is 3.02. The monoisotopic (exact) mass is 278 g/mol. The normalized spacial score (nSPS) is 18.9. The number of rotatable bonds is 0. The quantitative estimate of drug-likeness (QED) is 0.678. The average Bonchev–Trinajstić information content (AvgIpc) is 2.00. The first-order valence-electron chi connectivity index (χ1n) is 3.96. The van der Waals surface area contributed by atoms with Gasteiger partial charge in [0.15, 0.2) is 14.6 Å². The smallest absolute Gasteiger partial charge is 0.255 e. The predicted octanol–water partition coefficient (Wildman–Crippen LogP) is 0.00330. The molecule has 1 aromatic rings. The second-order valence-electron chi connectivity index (χ2n) is 3.12. The Labute approximate surface area is 88.6 Å². The fraction of sp³-hybridized carbons (Fsp3) is 0.429. The Kier molecular flexibility index (Phi) is 2.23. The minimum atomic E-state index is -3.07. The number of hydrogen-bond acceptors (Lipinski definition) is 4. The molecule has 0 atom stereocenters. The van der Waals surface area contributed by atoms with Gasteiger partial charge in [-0.25, -0.2) is 13.4 Å². The van der Waals surface area contributed by atoms with E-state index in [-0.39, 0.29) is 28.2 Å². The molecule has 0 amide bonds. The van der Waals surface area contributed by atoms with E-state index in [1.54, 1.807) is 0 Å². The molecule has 0 saturated carbocycles. The van der Waals surface area contributed by atoms with Crippen LogP contribution in [0.3, 0.4) is 0 Å². The van der Waals surface area contributed by atoms with Crippen molar-refractivity contribution in [2.24, 2.45) is 0 Å². The van der Waals surface area contributed by atoms with Crippen LogP contribution < -0.4 is 5.56 Å². The predicted molar refractivity (Wildman–Crippen MR) is 53.8 cm³/mol. The van der Waals surface area contributed by atoms with Gasteiger partial charge in [-0.2, -0.15) is 0 Å². The summed E-state index contributed by atoms with van der Waals surface area (Å²) < 4.78 is 22.8. The maximum Gasteiger partial charge on any atom is 0.255 e. The summed E-state index contributed by atoms with van der Waals surface area (Å²) in [5, 5.41) is 0. The highest BCUT2D eigenvalue weighted by molar-refractivity contribution is 9.10. The Morgan fingerprint density at radius 1 is 1.43 bits per heavy atom. The van der Waals surface area contributed by atoms with Crippen molar-refractivity contribution in [3.05, 3.63) is 26.3 Å². The Morgan fingerprint density at radius 2 is 2.14 bits per heavy atom. The lowest BCUT2D eigenvalue weighted by molar-refractivity contribution is 0.589. The largest absolute Gasteiger partial charge is 0.301 e. The van der Waals surface area contributed by atoms with Gasteiger partial charge >= 0.3 is 0 Å². The lowest BCUT2D eigenvalue weighted by atomic mass is 10.2. The number of hydrogen-bond donors (Lipinski definition) is 1. The van der Waals surface area contributed by atoms with Gasteiger partial charge in [-0.05, 0) is 22.4 Å². The number of aromatic nitrogens is 2. The molecule has 0 fully saturated rings. The number of aromatic amines is 1. The molecule has 7 heteroatoms. The first-order chi connectivity index (χ1) is 6.48. The average molecular weight is 279 g/mol. The van der Waals surface area contributed by atoms with Crippen LogP contribution >= 0.6 is 15.9 Å². The van der Waals surface area contributed by atoms with E-state index in [0.29, 0.717) is 11.3 Å². The van der Waals surface area contributed by atoms with Gasteiger partial charge in [0.25, 0.3) is 5.56 Å². The fourth-order valence-electron chi connectivity index (χ4n) is 1.43. The molecule has 0 unspecified atom stereocenters. The van der Waals surface area contributed by atoms with Gasteiger partial charge in [0.05, 0.1) is 17.2 Å².